The summed E-state index contributed by atoms with van der Waals surface area (Å²) in [6.07, 6.45) is 3.30. The van der Waals surface area contributed by atoms with Crippen molar-refractivity contribution >= 4 is 5.97 Å². The van der Waals surface area contributed by atoms with Gasteiger partial charge in [0.1, 0.15) is 0 Å². The van der Waals surface area contributed by atoms with Gasteiger partial charge >= 0.3 is 5.97 Å². The van der Waals surface area contributed by atoms with Gasteiger partial charge in [-0.2, -0.15) is 0 Å². The Bertz CT molecular complexity index is 217. The van der Waals surface area contributed by atoms with E-state index in [0.717, 1.165) is 19.3 Å². The summed E-state index contributed by atoms with van der Waals surface area (Å²) in [5.74, 6) is 0.604. The molecule has 3 N–H and O–H groups in total. The molecule has 1 saturated carbocycles. The first kappa shape index (κ1) is 11.5. The minimum absolute atomic E-state index is 0.127. The maximum Gasteiger partial charge on any atom is 0.303 e. The maximum atomic E-state index is 10.8. The molecule has 82 valence electrons. The van der Waals surface area contributed by atoms with Gasteiger partial charge in [-0.15, -0.1) is 0 Å². The summed E-state index contributed by atoms with van der Waals surface area (Å²) in [5.41, 5.74) is 5.60. The van der Waals surface area contributed by atoms with Crippen LogP contribution >= 0.6 is 0 Å². The Morgan fingerprint density at radius 2 is 2.14 bits per heavy atom. The molecule has 0 aromatic heterocycles. The third-order valence-corrected chi connectivity index (χ3v) is 3.82. The Labute approximate surface area is 85.7 Å². The lowest BCUT2D eigenvalue weighted by molar-refractivity contribution is -0.140. The molecule has 1 fully saturated rings. The van der Waals surface area contributed by atoms with Crippen LogP contribution in [-0.2, 0) is 4.79 Å². The molecule has 3 heteroatoms. The molecule has 1 aliphatic carbocycles. The Balaban J connectivity index is 2.66. The molecule has 0 bridgehead atoms. The zero-order chi connectivity index (χ0) is 10.8. The van der Waals surface area contributed by atoms with E-state index in [-0.39, 0.29) is 11.8 Å². The fraction of sp³-hybridized carbons (Fsp3) is 0.909. The van der Waals surface area contributed by atoms with Crippen LogP contribution in [0.15, 0.2) is 0 Å². The Kier molecular flexibility index (Phi) is 3.53. The number of aliphatic carboxylic acids is 1. The highest BCUT2D eigenvalue weighted by Crippen LogP contribution is 2.43. The van der Waals surface area contributed by atoms with Crippen LogP contribution in [0.25, 0.3) is 0 Å². The first-order chi connectivity index (χ1) is 6.49. The lowest BCUT2D eigenvalue weighted by Crippen LogP contribution is -2.39. The molecule has 3 atom stereocenters. The summed E-state index contributed by atoms with van der Waals surface area (Å²) in [6.45, 7) is 4.96. The lowest BCUT2D eigenvalue weighted by atomic mass is 9.65. The van der Waals surface area contributed by atoms with Crippen LogP contribution in [0.5, 0.6) is 0 Å². The van der Waals surface area contributed by atoms with Crippen LogP contribution in [0.2, 0.25) is 0 Å². The Hall–Kier alpha value is -0.570. The molecule has 0 heterocycles. The van der Waals surface area contributed by atoms with E-state index in [9.17, 15) is 4.79 Å². The number of carboxylic acids is 1. The van der Waals surface area contributed by atoms with Crippen molar-refractivity contribution in [1.82, 2.24) is 0 Å². The molecule has 3 unspecified atom stereocenters. The predicted molar refractivity (Wildman–Crippen MR) is 55.9 cm³/mol. The summed E-state index contributed by atoms with van der Waals surface area (Å²) < 4.78 is 0. The highest BCUT2D eigenvalue weighted by molar-refractivity contribution is 5.67. The fourth-order valence-electron chi connectivity index (χ4n) is 2.54. The van der Waals surface area contributed by atoms with Crippen LogP contribution in [0.3, 0.4) is 0 Å². The van der Waals surface area contributed by atoms with Crippen LogP contribution in [0, 0.1) is 17.3 Å². The van der Waals surface area contributed by atoms with E-state index in [1.54, 1.807) is 0 Å². The van der Waals surface area contributed by atoms with E-state index in [1.165, 1.54) is 0 Å². The van der Waals surface area contributed by atoms with E-state index in [2.05, 4.69) is 13.8 Å². The average molecular weight is 199 g/mol. The molecule has 0 aromatic rings. The van der Waals surface area contributed by atoms with E-state index in [0.29, 0.717) is 18.4 Å². The largest absolute Gasteiger partial charge is 0.481 e. The number of hydrogen-bond acceptors (Lipinski definition) is 2. The quantitative estimate of drug-likeness (QED) is 0.729. The maximum absolute atomic E-state index is 10.8. The van der Waals surface area contributed by atoms with Gasteiger partial charge in [0.05, 0.1) is 6.42 Å². The number of carboxylic acid groups (broad SMARTS) is 1. The van der Waals surface area contributed by atoms with E-state index < -0.39 is 5.97 Å². The van der Waals surface area contributed by atoms with E-state index >= 15 is 0 Å². The summed E-state index contributed by atoms with van der Waals surface area (Å²) in [5, 5.41) is 8.86. The van der Waals surface area contributed by atoms with Crippen molar-refractivity contribution in [3.63, 3.8) is 0 Å². The molecule has 0 radical (unpaired) electrons. The highest BCUT2D eigenvalue weighted by Gasteiger charge is 2.38. The predicted octanol–water partition coefficient (Wildman–Crippen LogP) is 1.86. The third-order valence-electron chi connectivity index (χ3n) is 3.82. The molecule has 0 saturated heterocycles. The second-order valence-corrected chi connectivity index (χ2v) is 4.97. The van der Waals surface area contributed by atoms with Gasteiger partial charge in [-0.05, 0) is 43.1 Å². The standard InChI is InChI=1S/C11H21NO2/c1-8-3-4-11(7-12,5-9(8)2)6-10(13)14/h8-9H,3-7,12H2,1-2H3,(H,13,14). The highest BCUT2D eigenvalue weighted by atomic mass is 16.4. The fourth-order valence-corrected chi connectivity index (χ4v) is 2.54. The van der Waals surface area contributed by atoms with Gasteiger partial charge in [-0.3, -0.25) is 4.79 Å². The van der Waals surface area contributed by atoms with Crippen LogP contribution in [-0.4, -0.2) is 17.6 Å². The molecular weight excluding hydrogens is 178 g/mol. The van der Waals surface area contributed by atoms with Gasteiger partial charge in [0.15, 0.2) is 0 Å². The third kappa shape index (κ3) is 2.47. The van der Waals surface area contributed by atoms with Crippen molar-refractivity contribution in [2.24, 2.45) is 23.0 Å². The van der Waals surface area contributed by atoms with Gasteiger partial charge in [-0.25, -0.2) is 0 Å². The second-order valence-electron chi connectivity index (χ2n) is 4.97. The smallest absolute Gasteiger partial charge is 0.303 e. The average Bonchev–Trinajstić information content (AvgIpc) is 2.11. The number of carbonyl (C=O) groups is 1. The lowest BCUT2D eigenvalue weighted by Gasteiger charge is -2.41. The zero-order valence-electron chi connectivity index (χ0n) is 9.12. The molecule has 0 spiro atoms. The van der Waals surface area contributed by atoms with Crippen molar-refractivity contribution in [2.45, 2.75) is 39.5 Å². The van der Waals surface area contributed by atoms with E-state index in [1.807, 2.05) is 0 Å². The van der Waals surface area contributed by atoms with Gasteiger partial charge < -0.3 is 10.8 Å². The zero-order valence-corrected chi connectivity index (χ0v) is 9.12. The van der Waals surface area contributed by atoms with Crippen LogP contribution < -0.4 is 5.73 Å². The SMILES string of the molecule is CC1CCC(CN)(CC(=O)O)CC1C. The van der Waals surface area contributed by atoms with Gasteiger partial charge in [0.25, 0.3) is 0 Å². The molecule has 3 nitrogen and oxygen atoms in total. The van der Waals surface area contributed by atoms with E-state index in [4.69, 9.17) is 10.8 Å². The molecule has 0 amide bonds. The molecule has 0 aromatic carbocycles. The second kappa shape index (κ2) is 4.30. The molecule has 14 heavy (non-hydrogen) atoms. The molecule has 1 aliphatic rings. The van der Waals surface area contributed by atoms with Gasteiger partial charge in [0.2, 0.25) is 0 Å². The van der Waals surface area contributed by atoms with Gasteiger partial charge in [0, 0.05) is 0 Å². The van der Waals surface area contributed by atoms with Crippen molar-refractivity contribution in [3.05, 3.63) is 0 Å². The van der Waals surface area contributed by atoms with Crippen molar-refractivity contribution in [1.29, 1.82) is 0 Å². The summed E-state index contributed by atoms with van der Waals surface area (Å²) in [7, 11) is 0. The minimum Gasteiger partial charge on any atom is -0.481 e. The number of rotatable bonds is 3. The first-order valence-corrected chi connectivity index (χ1v) is 5.41. The normalized spacial score (nSPS) is 38.2. The topological polar surface area (TPSA) is 63.3 Å². The monoisotopic (exact) mass is 199 g/mol. The van der Waals surface area contributed by atoms with Crippen molar-refractivity contribution in [3.8, 4) is 0 Å². The summed E-state index contributed by atoms with van der Waals surface area (Å²) in [4.78, 5) is 10.8. The van der Waals surface area contributed by atoms with Gasteiger partial charge in [-0.1, -0.05) is 13.8 Å². The summed E-state index contributed by atoms with van der Waals surface area (Å²) >= 11 is 0. The first-order valence-electron chi connectivity index (χ1n) is 5.41. The molecule has 1 rings (SSSR count). The Morgan fingerprint density at radius 1 is 1.50 bits per heavy atom. The summed E-state index contributed by atoms with van der Waals surface area (Å²) in [6, 6.07) is 0. The van der Waals surface area contributed by atoms with Crippen LogP contribution in [0.4, 0.5) is 0 Å². The molecule has 0 aliphatic heterocycles. The van der Waals surface area contributed by atoms with Crippen LogP contribution in [0.1, 0.15) is 39.5 Å². The number of nitrogens with two attached hydrogens (primary N) is 1. The number of hydrogen-bond donors (Lipinski definition) is 2. The van der Waals surface area contributed by atoms with Crippen molar-refractivity contribution in [2.75, 3.05) is 6.54 Å². The minimum atomic E-state index is -0.711. The van der Waals surface area contributed by atoms with Crippen molar-refractivity contribution < 1.29 is 9.90 Å². The molecular formula is C11H21NO2. The Morgan fingerprint density at radius 3 is 2.57 bits per heavy atom.